The van der Waals surface area contributed by atoms with E-state index in [9.17, 15) is 0 Å². The summed E-state index contributed by atoms with van der Waals surface area (Å²) < 4.78 is 3.29. The number of halogens is 2. The van der Waals surface area contributed by atoms with Gasteiger partial charge in [-0.1, -0.05) is 70.5 Å². The van der Waals surface area contributed by atoms with Crippen LogP contribution in [-0.4, -0.2) is 0 Å². The Hall–Kier alpha value is -1.90. The highest BCUT2D eigenvalue weighted by atomic mass is 79.9. The van der Waals surface area contributed by atoms with Crippen LogP contribution in [0.2, 0.25) is 0 Å². The van der Waals surface area contributed by atoms with E-state index in [0.717, 1.165) is 11.0 Å². The molecule has 0 aliphatic heterocycles. The van der Waals surface area contributed by atoms with Crippen molar-refractivity contribution in [2.75, 3.05) is 0 Å². The Kier molecular flexibility index (Phi) is 6.57. The molecular weight excluding hydrogens is 370 g/mol. The fourth-order valence-corrected chi connectivity index (χ4v) is 2.51. The molecule has 3 aromatic rings. The van der Waals surface area contributed by atoms with Crippen molar-refractivity contribution in [3.8, 4) is 0 Å². The summed E-state index contributed by atoms with van der Waals surface area (Å²) in [5.41, 5.74) is 3.71. The van der Waals surface area contributed by atoms with Gasteiger partial charge in [0.05, 0.1) is 0 Å². The van der Waals surface area contributed by atoms with Crippen molar-refractivity contribution in [3.05, 3.63) is 100 Å². The van der Waals surface area contributed by atoms with Gasteiger partial charge in [-0.15, -0.1) is 0 Å². The van der Waals surface area contributed by atoms with Crippen LogP contribution in [0.25, 0.3) is 12.2 Å². The van der Waals surface area contributed by atoms with Crippen LogP contribution >= 0.6 is 15.9 Å². The molecule has 116 valence electrons. The van der Waals surface area contributed by atoms with Gasteiger partial charge in [0, 0.05) is 22.2 Å². The Morgan fingerprint density at radius 2 is 1.30 bits per heavy atom. The monoisotopic (exact) mass is 385 g/mol. The summed E-state index contributed by atoms with van der Waals surface area (Å²) in [6.07, 6.45) is 8.50. The van der Waals surface area contributed by atoms with E-state index < -0.39 is 0 Å². The van der Waals surface area contributed by atoms with Crippen molar-refractivity contribution in [1.29, 1.82) is 0 Å². The Labute approximate surface area is 151 Å². The Morgan fingerprint density at radius 3 is 1.91 bits per heavy atom. The summed E-state index contributed by atoms with van der Waals surface area (Å²) in [6, 6.07) is 23.1. The minimum Gasteiger partial charge on any atom is -1.00 e. The molecule has 3 rings (SSSR count). The Bertz CT molecular complexity index is 750. The second-order valence-electron chi connectivity index (χ2n) is 5.17. The highest BCUT2D eigenvalue weighted by molar-refractivity contribution is 9.10. The highest BCUT2D eigenvalue weighted by Gasteiger charge is 2.01. The van der Waals surface area contributed by atoms with Crippen molar-refractivity contribution < 1.29 is 17.0 Å². The smallest absolute Gasteiger partial charge is 0.173 e. The SMILES string of the molecule is Brc1ccc(C=Cc2cc[n+](Cc3ccccc3)cc2)cc1.[Cl-]. The molecule has 0 aliphatic rings. The second-order valence-corrected chi connectivity index (χ2v) is 6.09. The maximum atomic E-state index is 3.45. The minimum atomic E-state index is 0. The number of pyridine rings is 1. The van der Waals surface area contributed by atoms with Crippen LogP contribution in [0.4, 0.5) is 0 Å². The summed E-state index contributed by atoms with van der Waals surface area (Å²) in [5, 5.41) is 0. The van der Waals surface area contributed by atoms with Crippen LogP contribution in [-0.2, 0) is 6.54 Å². The Balaban J connectivity index is 0.00000192. The number of nitrogens with zero attached hydrogens (tertiary/aromatic N) is 1. The summed E-state index contributed by atoms with van der Waals surface area (Å²) in [5.74, 6) is 0. The molecule has 3 heteroatoms. The van der Waals surface area contributed by atoms with Crippen LogP contribution in [0.1, 0.15) is 16.7 Å². The first kappa shape index (κ1) is 17.5. The van der Waals surface area contributed by atoms with Gasteiger partial charge in [0.1, 0.15) is 0 Å². The predicted octanol–water partition coefficient (Wildman–Crippen LogP) is 1.96. The molecule has 0 unspecified atom stereocenters. The summed E-state index contributed by atoms with van der Waals surface area (Å²) in [4.78, 5) is 0. The van der Waals surface area contributed by atoms with Crippen LogP contribution in [0.15, 0.2) is 83.6 Å². The zero-order chi connectivity index (χ0) is 15.2. The molecule has 1 nitrogen and oxygen atoms in total. The molecular formula is C20H17BrClN. The first-order chi connectivity index (χ1) is 10.8. The van der Waals surface area contributed by atoms with Crippen molar-refractivity contribution in [2.45, 2.75) is 6.54 Å². The zero-order valence-electron chi connectivity index (χ0n) is 12.6. The molecule has 23 heavy (non-hydrogen) atoms. The lowest BCUT2D eigenvalue weighted by molar-refractivity contribution is -0.688. The lowest BCUT2D eigenvalue weighted by Crippen LogP contribution is -3.00. The third-order valence-electron chi connectivity index (χ3n) is 3.46. The molecule has 0 N–H and O–H groups in total. The number of hydrogen-bond acceptors (Lipinski definition) is 0. The van der Waals surface area contributed by atoms with Crippen LogP contribution in [0.3, 0.4) is 0 Å². The van der Waals surface area contributed by atoms with Gasteiger partial charge in [0.25, 0.3) is 0 Å². The number of rotatable bonds is 4. The van der Waals surface area contributed by atoms with Crippen molar-refractivity contribution in [1.82, 2.24) is 0 Å². The van der Waals surface area contributed by atoms with Gasteiger partial charge in [-0.05, 0) is 23.3 Å². The van der Waals surface area contributed by atoms with Gasteiger partial charge in [-0.2, -0.15) is 0 Å². The molecule has 0 amide bonds. The maximum Gasteiger partial charge on any atom is 0.173 e. The summed E-state index contributed by atoms with van der Waals surface area (Å²) in [6.45, 7) is 0.900. The van der Waals surface area contributed by atoms with E-state index in [1.165, 1.54) is 16.7 Å². The molecule has 0 spiro atoms. The van der Waals surface area contributed by atoms with Crippen molar-refractivity contribution in [3.63, 3.8) is 0 Å². The fraction of sp³-hybridized carbons (Fsp3) is 0.0500. The average molecular weight is 387 g/mol. The molecule has 0 saturated heterocycles. The van der Waals surface area contributed by atoms with Crippen LogP contribution in [0.5, 0.6) is 0 Å². The quantitative estimate of drug-likeness (QED) is 0.604. The first-order valence-electron chi connectivity index (χ1n) is 7.26. The number of benzene rings is 2. The zero-order valence-corrected chi connectivity index (χ0v) is 14.9. The van der Waals surface area contributed by atoms with Gasteiger partial charge in [-0.3, -0.25) is 0 Å². The molecule has 0 radical (unpaired) electrons. The molecule has 0 aliphatic carbocycles. The van der Waals surface area contributed by atoms with Gasteiger partial charge in [0.2, 0.25) is 0 Å². The third-order valence-corrected chi connectivity index (χ3v) is 3.99. The number of aromatic nitrogens is 1. The molecule has 0 atom stereocenters. The van der Waals surface area contributed by atoms with Gasteiger partial charge in [0.15, 0.2) is 18.9 Å². The minimum absolute atomic E-state index is 0. The van der Waals surface area contributed by atoms with Gasteiger partial charge in [-0.25, -0.2) is 4.57 Å². The van der Waals surface area contributed by atoms with Crippen LogP contribution < -0.4 is 17.0 Å². The average Bonchev–Trinajstić information content (AvgIpc) is 2.57. The molecule has 0 fully saturated rings. The third kappa shape index (κ3) is 5.34. The van der Waals surface area contributed by atoms with E-state index in [1.54, 1.807) is 0 Å². The maximum absolute atomic E-state index is 3.45. The lowest BCUT2D eigenvalue weighted by atomic mass is 10.1. The van der Waals surface area contributed by atoms with E-state index in [1.807, 2.05) is 6.07 Å². The van der Waals surface area contributed by atoms with Gasteiger partial charge >= 0.3 is 0 Å². The van der Waals surface area contributed by atoms with Crippen molar-refractivity contribution >= 4 is 28.1 Å². The first-order valence-corrected chi connectivity index (χ1v) is 8.05. The van der Waals surface area contributed by atoms with E-state index in [4.69, 9.17) is 0 Å². The fourth-order valence-electron chi connectivity index (χ4n) is 2.25. The summed E-state index contributed by atoms with van der Waals surface area (Å²) >= 11 is 3.45. The standard InChI is InChI=1S/C20H17BrN.ClH/c21-20-10-8-17(9-11-20)6-7-18-12-14-22(15-13-18)16-19-4-2-1-3-5-19;/h1-15H,16H2;1H/q+1;/p-1. The second kappa shape index (κ2) is 8.66. The molecule has 0 bridgehead atoms. The molecule has 1 heterocycles. The van der Waals surface area contributed by atoms with E-state index in [2.05, 4.69) is 106 Å². The normalized spacial score (nSPS) is 10.5. The summed E-state index contributed by atoms with van der Waals surface area (Å²) in [7, 11) is 0. The molecule has 1 aromatic heterocycles. The van der Waals surface area contributed by atoms with E-state index >= 15 is 0 Å². The van der Waals surface area contributed by atoms with Gasteiger partial charge < -0.3 is 12.4 Å². The van der Waals surface area contributed by atoms with E-state index in [0.29, 0.717) is 0 Å². The van der Waals surface area contributed by atoms with E-state index in [-0.39, 0.29) is 12.4 Å². The van der Waals surface area contributed by atoms with Crippen LogP contribution in [0, 0.1) is 0 Å². The molecule has 0 saturated carbocycles. The topological polar surface area (TPSA) is 3.88 Å². The Morgan fingerprint density at radius 1 is 0.739 bits per heavy atom. The van der Waals surface area contributed by atoms with Crippen molar-refractivity contribution in [2.24, 2.45) is 0 Å². The predicted molar refractivity (Wildman–Crippen MR) is 95.3 cm³/mol. The largest absolute Gasteiger partial charge is 1.00 e. The number of hydrogen-bond donors (Lipinski definition) is 0. The lowest BCUT2D eigenvalue weighted by Gasteiger charge is -1.98. The molecule has 2 aromatic carbocycles. The highest BCUT2D eigenvalue weighted by Crippen LogP contribution is 2.13.